The van der Waals surface area contributed by atoms with Gasteiger partial charge in [0.05, 0.1) is 6.04 Å². The van der Waals surface area contributed by atoms with E-state index in [4.69, 9.17) is 4.74 Å². The number of hydrogen-bond acceptors (Lipinski definition) is 3. The Morgan fingerprint density at radius 1 is 1.35 bits per heavy atom. The predicted octanol–water partition coefficient (Wildman–Crippen LogP) is 3.12. The van der Waals surface area contributed by atoms with Gasteiger partial charge in [0, 0.05) is 12.0 Å². The second-order valence-electron chi connectivity index (χ2n) is 5.24. The van der Waals surface area contributed by atoms with Crippen LogP contribution in [0.1, 0.15) is 38.8 Å². The van der Waals surface area contributed by atoms with Gasteiger partial charge in [-0.3, -0.25) is 0 Å². The molecule has 0 saturated heterocycles. The molecule has 0 fully saturated rings. The third-order valence-electron chi connectivity index (χ3n) is 2.37. The van der Waals surface area contributed by atoms with Gasteiger partial charge in [-0.05, 0) is 32.9 Å². The van der Waals surface area contributed by atoms with Crippen LogP contribution in [0.5, 0.6) is 0 Å². The van der Waals surface area contributed by atoms with Crippen LogP contribution in [-0.4, -0.2) is 18.0 Å². The first-order chi connectivity index (χ1) is 9.24. The molecule has 0 radical (unpaired) electrons. The van der Waals surface area contributed by atoms with E-state index in [1.54, 1.807) is 20.8 Å². The number of carbonyl (C=O) groups excluding carboxylic acids is 2. The molecule has 110 valence electrons. The Morgan fingerprint density at radius 3 is 2.35 bits per heavy atom. The SMILES string of the molecule is CC(C)(C)OC(=O)N[C@H](CC=O)c1c(F)cccc1F. The molecule has 0 spiro atoms. The van der Waals surface area contributed by atoms with Gasteiger partial charge in [0.1, 0.15) is 23.5 Å². The van der Waals surface area contributed by atoms with Crippen LogP contribution in [0, 0.1) is 11.6 Å². The van der Waals surface area contributed by atoms with Gasteiger partial charge < -0.3 is 14.8 Å². The van der Waals surface area contributed by atoms with Gasteiger partial charge in [-0.1, -0.05) is 6.07 Å². The Labute approximate surface area is 116 Å². The second-order valence-corrected chi connectivity index (χ2v) is 5.24. The van der Waals surface area contributed by atoms with Crippen molar-refractivity contribution in [3.63, 3.8) is 0 Å². The van der Waals surface area contributed by atoms with Crippen LogP contribution >= 0.6 is 0 Å². The van der Waals surface area contributed by atoms with Crippen LogP contribution in [0.25, 0.3) is 0 Å². The Bertz CT molecular complexity index is 477. The van der Waals surface area contributed by atoms with Gasteiger partial charge in [-0.15, -0.1) is 0 Å². The Hall–Kier alpha value is -1.98. The predicted molar refractivity (Wildman–Crippen MR) is 69.1 cm³/mol. The first kappa shape index (κ1) is 16.1. The van der Waals surface area contributed by atoms with Gasteiger partial charge in [0.15, 0.2) is 0 Å². The van der Waals surface area contributed by atoms with Crippen molar-refractivity contribution in [3.05, 3.63) is 35.4 Å². The molecular formula is C14H17F2NO3. The maximum atomic E-state index is 13.7. The first-order valence-electron chi connectivity index (χ1n) is 6.11. The zero-order valence-corrected chi connectivity index (χ0v) is 11.6. The average molecular weight is 285 g/mol. The molecule has 0 unspecified atom stereocenters. The van der Waals surface area contributed by atoms with Gasteiger partial charge >= 0.3 is 6.09 Å². The van der Waals surface area contributed by atoms with Crippen LogP contribution in [0.2, 0.25) is 0 Å². The molecule has 0 aliphatic rings. The molecule has 0 aliphatic carbocycles. The van der Waals surface area contributed by atoms with E-state index in [2.05, 4.69) is 5.32 Å². The van der Waals surface area contributed by atoms with E-state index in [1.807, 2.05) is 0 Å². The zero-order valence-electron chi connectivity index (χ0n) is 11.6. The summed E-state index contributed by atoms with van der Waals surface area (Å²) < 4.78 is 32.3. The molecule has 4 nitrogen and oxygen atoms in total. The summed E-state index contributed by atoms with van der Waals surface area (Å²) >= 11 is 0. The fourth-order valence-electron chi connectivity index (χ4n) is 1.64. The van der Waals surface area contributed by atoms with Crippen molar-refractivity contribution < 1.29 is 23.1 Å². The highest BCUT2D eigenvalue weighted by Crippen LogP contribution is 2.23. The molecular weight excluding hydrogens is 268 g/mol. The lowest BCUT2D eigenvalue weighted by molar-refractivity contribution is -0.108. The summed E-state index contributed by atoms with van der Waals surface area (Å²) in [5, 5.41) is 2.30. The zero-order chi connectivity index (χ0) is 15.3. The van der Waals surface area contributed by atoms with Crippen molar-refractivity contribution in [3.8, 4) is 0 Å². The van der Waals surface area contributed by atoms with Gasteiger partial charge in [0.2, 0.25) is 0 Å². The molecule has 1 aromatic carbocycles. The number of ether oxygens (including phenoxy) is 1. The summed E-state index contributed by atoms with van der Waals surface area (Å²) in [4.78, 5) is 22.3. The molecule has 0 heterocycles. The highest BCUT2D eigenvalue weighted by molar-refractivity contribution is 5.69. The van der Waals surface area contributed by atoms with Crippen molar-refractivity contribution in [2.24, 2.45) is 0 Å². The molecule has 0 aromatic heterocycles. The summed E-state index contributed by atoms with van der Waals surface area (Å²) in [7, 11) is 0. The van der Waals surface area contributed by atoms with Gasteiger partial charge in [-0.2, -0.15) is 0 Å². The number of benzene rings is 1. The van der Waals surface area contributed by atoms with Crippen molar-refractivity contribution in [2.45, 2.75) is 38.8 Å². The largest absolute Gasteiger partial charge is 0.444 e. The number of aldehydes is 1. The number of alkyl carbamates (subject to hydrolysis) is 1. The normalized spacial score (nSPS) is 12.7. The highest BCUT2D eigenvalue weighted by atomic mass is 19.1. The smallest absolute Gasteiger partial charge is 0.408 e. The molecule has 0 saturated carbocycles. The van der Waals surface area contributed by atoms with E-state index >= 15 is 0 Å². The van der Waals surface area contributed by atoms with Gasteiger partial charge in [0.25, 0.3) is 0 Å². The summed E-state index contributed by atoms with van der Waals surface area (Å²) in [6.45, 7) is 4.97. The Morgan fingerprint density at radius 2 is 1.90 bits per heavy atom. The average Bonchev–Trinajstić information content (AvgIpc) is 2.26. The third kappa shape index (κ3) is 4.60. The number of nitrogens with one attached hydrogen (secondary N) is 1. The number of rotatable bonds is 4. The van der Waals surface area contributed by atoms with E-state index < -0.39 is 29.4 Å². The number of halogens is 2. The topological polar surface area (TPSA) is 55.4 Å². The minimum absolute atomic E-state index is 0.253. The fraction of sp³-hybridized carbons (Fsp3) is 0.429. The fourth-order valence-corrected chi connectivity index (χ4v) is 1.64. The van der Waals surface area contributed by atoms with Crippen LogP contribution in [0.4, 0.5) is 13.6 Å². The van der Waals surface area contributed by atoms with E-state index in [-0.39, 0.29) is 12.0 Å². The molecule has 0 bridgehead atoms. The molecule has 1 atom stereocenters. The minimum Gasteiger partial charge on any atom is -0.444 e. The minimum atomic E-state index is -1.11. The molecule has 0 aliphatic heterocycles. The maximum absolute atomic E-state index is 13.7. The molecule has 1 amide bonds. The van der Waals surface area contributed by atoms with E-state index in [0.29, 0.717) is 6.29 Å². The quantitative estimate of drug-likeness (QED) is 0.865. The maximum Gasteiger partial charge on any atom is 0.408 e. The Kier molecular flexibility index (Phi) is 5.19. The molecule has 1 aromatic rings. The second kappa shape index (κ2) is 6.45. The molecule has 1 N–H and O–H groups in total. The van der Waals surface area contributed by atoms with Crippen LogP contribution in [0.15, 0.2) is 18.2 Å². The lowest BCUT2D eigenvalue weighted by Gasteiger charge is -2.23. The lowest BCUT2D eigenvalue weighted by Crippen LogP contribution is -2.35. The van der Waals surface area contributed by atoms with Crippen molar-refractivity contribution in [1.29, 1.82) is 0 Å². The van der Waals surface area contributed by atoms with Crippen molar-refractivity contribution in [1.82, 2.24) is 5.32 Å². The summed E-state index contributed by atoms with van der Waals surface area (Å²) in [6, 6.07) is 2.23. The van der Waals surface area contributed by atoms with Crippen LogP contribution in [0.3, 0.4) is 0 Å². The van der Waals surface area contributed by atoms with E-state index in [0.717, 1.165) is 12.1 Å². The summed E-state index contributed by atoms with van der Waals surface area (Å²) in [6.07, 6.45) is -0.614. The monoisotopic (exact) mass is 285 g/mol. The standard InChI is InChI=1S/C14H17F2NO3/c1-14(2,3)20-13(19)17-11(7-8-18)12-9(15)5-4-6-10(12)16/h4-6,8,11H,7H2,1-3H3,(H,17,19)/t11-/m1/s1. The number of amides is 1. The number of hydrogen-bond donors (Lipinski definition) is 1. The van der Waals surface area contributed by atoms with Crippen LogP contribution < -0.4 is 5.32 Å². The van der Waals surface area contributed by atoms with E-state index in [1.165, 1.54) is 6.07 Å². The first-order valence-corrected chi connectivity index (χ1v) is 6.11. The summed E-state index contributed by atoms with van der Waals surface area (Å²) in [5.41, 5.74) is -1.10. The summed E-state index contributed by atoms with van der Waals surface area (Å²) in [5.74, 6) is -1.65. The molecule has 20 heavy (non-hydrogen) atoms. The lowest BCUT2D eigenvalue weighted by atomic mass is 10.0. The highest BCUT2D eigenvalue weighted by Gasteiger charge is 2.24. The third-order valence-corrected chi connectivity index (χ3v) is 2.37. The van der Waals surface area contributed by atoms with E-state index in [9.17, 15) is 18.4 Å². The van der Waals surface area contributed by atoms with Gasteiger partial charge in [-0.25, -0.2) is 13.6 Å². The van der Waals surface area contributed by atoms with Crippen molar-refractivity contribution >= 4 is 12.4 Å². The van der Waals surface area contributed by atoms with Crippen molar-refractivity contribution in [2.75, 3.05) is 0 Å². The Balaban J connectivity index is 2.95. The van der Waals surface area contributed by atoms with Crippen LogP contribution in [-0.2, 0) is 9.53 Å². The molecule has 1 rings (SSSR count). The molecule has 6 heteroatoms. The number of carbonyl (C=O) groups is 2.